The van der Waals surface area contributed by atoms with Crippen LogP contribution < -0.4 is 10.3 Å². The van der Waals surface area contributed by atoms with Crippen molar-refractivity contribution < 1.29 is 4.74 Å². The average Bonchev–Trinajstić information content (AvgIpc) is 3.37. The molecular formula is C29H30N2O2. The second-order valence-electron chi connectivity index (χ2n) is 8.86. The van der Waals surface area contributed by atoms with Crippen LogP contribution in [-0.2, 0) is 13.0 Å². The highest BCUT2D eigenvalue weighted by Gasteiger charge is 2.10. The van der Waals surface area contributed by atoms with Gasteiger partial charge in [-0.15, -0.1) is 0 Å². The van der Waals surface area contributed by atoms with Crippen LogP contribution in [0.1, 0.15) is 30.4 Å². The van der Waals surface area contributed by atoms with Crippen LogP contribution in [0.15, 0.2) is 89.9 Å². The van der Waals surface area contributed by atoms with Crippen molar-refractivity contribution >= 4 is 10.8 Å². The molecular weight excluding hydrogens is 408 g/mol. The van der Waals surface area contributed by atoms with Crippen LogP contribution in [0, 0.1) is 0 Å². The number of fused-ring (bicyclic) bond motifs is 1. The second kappa shape index (κ2) is 10.1. The van der Waals surface area contributed by atoms with Crippen molar-refractivity contribution in [2.45, 2.75) is 32.3 Å². The molecule has 1 aliphatic heterocycles. The molecule has 1 aromatic heterocycles. The molecule has 0 saturated carbocycles. The lowest BCUT2D eigenvalue weighted by Gasteiger charge is -2.14. The molecule has 1 fully saturated rings. The van der Waals surface area contributed by atoms with Gasteiger partial charge >= 0.3 is 0 Å². The third-order valence-corrected chi connectivity index (χ3v) is 6.44. The van der Waals surface area contributed by atoms with E-state index in [9.17, 15) is 4.79 Å². The van der Waals surface area contributed by atoms with Gasteiger partial charge in [0.1, 0.15) is 12.4 Å². The molecule has 2 heterocycles. The molecule has 4 heteroatoms. The van der Waals surface area contributed by atoms with Crippen LogP contribution in [0.25, 0.3) is 16.5 Å². The number of aromatic nitrogens is 1. The molecule has 1 aliphatic rings. The van der Waals surface area contributed by atoms with Gasteiger partial charge in [0.2, 0.25) is 0 Å². The molecule has 0 radical (unpaired) electrons. The summed E-state index contributed by atoms with van der Waals surface area (Å²) in [5, 5.41) is 2.36. The predicted molar refractivity (Wildman–Crippen MR) is 134 cm³/mol. The zero-order valence-corrected chi connectivity index (χ0v) is 19.0. The van der Waals surface area contributed by atoms with Gasteiger partial charge in [-0.05, 0) is 85.4 Å². The molecule has 5 rings (SSSR count). The minimum atomic E-state index is -0.0987. The molecule has 0 amide bonds. The van der Waals surface area contributed by atoms with E-state index in [1.807, 2.05) is 42.5 Å². The Hall–Kier alpha value is -3.37. The van der Waals surface area contributed by atoms with Gasteiger partial charge in [0.15, 0.2) is 0 Å². The first-order valence-electron chi connectivity index (χ1n) is 11.9. The number of pyridine rings is 1. The lowest BCUT2D eigenvalue weighted by atomic mass is 10.0. The van der Waals surface area contributed by atoms with E-state index in [0.717, 1.165) is 23.1 Å². The summed E-state index contributed by atoms with van der Waals surface area (Å²) in [7, 11) is 0. The summed E-state index contributed by atoms with van der Waals surface area (Å²) in [6, 6.07) is 26.2. The van der Waals surface area contributed by atoms with Gasteiger partial charge in [0.25, 0.3) is 5.56 Å². The normalized spacial score (nSPS) is 14.1. The highest BCUT2D eigenvalue weighted by Crippen LogP contribution is 2.21. The largest absolute Gasteiger partial charge is 0.489 e. The van der Waals surface area contributed by atoms with Gasteiger partial charge in [-0.3, -0.25) is 9.36 Å². The third kappa shape index (κ3) is 5.35. The molecule has 3 aromatic carbocycles. The van der Waals surface area contributed by atoms with Crippen LogP contribution in [0.5, 0.6) is 5.75 Å². The highest BCUT2D eigenvalue weighted by atomic mass is 16.5. The SMILES string of the molecule is O=c1cc(OCc2ccccc2)ccn1-c1ccc2cc(CCCN3CCCC3)ccc2c1. The first-order chi connectivity index (χ1) is 16.2. The van der Waals surface area contributed by atoms with E-state index in [1.165, 1.54) is 49.8 Å². The minimum absolute atomic E-state index is 0.0987. The van der Waals surface area contributed by atoms with E-state index in [1.54, 1.807) is 16.8 Å². The summed E-state index contributed by atoms with van der Waals surface area (Å²) < 4.78 is 7.46. The third-order valence-electron chi connectivity index (χ3n) is 6.44. The first-order valence-corrected chi connectivity index (χ1v) is 11.9. The van der Waals surface area contributed by atoms with Crippen LogP contribution in [0.4, 0.5) is 0 Å². The Labute approximate surface area is 195 Å². The number of hydrogen-bond acceptors (Lipinski definition) is 3. The van der Waals surface area contributed by atoms with Crippen molar-refractivity contribution in [3.8, 4) is 11.4 Å². The average molecular weight is 439 g/mol. The fraction of sp³-hybridized carbons (Fsp3) is 0.276. The summed E-state index contributed by atoms with van der Waals surface area (Å²) in [6.07, 6.45) is 6.81. The molecule has 0 aliphatic carbocycles. The summed E-state index contributed by atoms with van der Waals surface area (Å²) in [5.41, 5.74) is 3.22. The lowest BCUT2D eigenvalue weighted by Crippen LogP contribution is -2.20. The highest BCUT2D eigenvalue weighted by molar-refractivity contribution is 5.85. The molecule has 1 saturated heterocycles. The molecule has 4 nitrogen and oxygen atoms in total. The van der Waals surface area contributed by atoms with Crippen LogP contribution in [-0.4, -0.2) is 29.1 Å². The topological polar surface area (TPSA) is 34.5 Å². The van der Waals surface area contributed by atoms with E-state index in [0.29, 0.717) is 12.4 Å². The van der Waals surface area contributed by atoms with Crippen LogP contribution >= 0.6 is 0 Å². The smallest absolute Gasteiger partial charge is 0.258 e. The van der Waals surface area contributed by atoms with Crippen LogP contribution in [0.3, 0.4) is 0 Å². The monoisotopic (exact) mass is 438 g/mol. The van der Waals surface area contributed by atoms with E-state index in [4.69, 9.17) is 4.74 Å². The zero-order chi connectivity index (χ0) is 22.5. The Bertz CT molecular complexity index is 1270. The van der Waals surface area contributed by atoms with E-state index in [2.05, 4.69) is 35.2 Å². The van der Waals surface area contributed by atoms with Gasteiger partial charge in [0, 0.05) is 18.0 Å². The number of aryl methyl sites for hydroxylation is 1. The molecule has 4 aromatic rings. The number of rotatable bonds is 8. The summed E-state index contributed by atoms with van der Waals surface area (Å²) in [6.45, 7) is 4.17. The first kappa shape index (κ1) is 21.5. The van der Waals surface area contributed by atoms with Crippen molar-refractivity contribution in [2.24, 2.45) is 0 Å². The number of benzene rings is 3. The lowest BCUT2D eigenvalue weighted by molar-refractivity contribution is 0.305. The quantitative estimate of drug-likeness (QED) is 0.359. The molecule has 0 N–H and O–H groups in total. The maximum atomic E-state index is 12.7. The Balaban J connectivity index is 1.26. The van der Waals surface area contributed by atoms with Gasteiger partial charge in [-0.25, -0.2) is 0 Å². The van der Waals surface area contributed by atoms with Gasteiger partial charge in [-0.1, -0.05) is 54.6 Å². The minimum Gasteiger partial charge on any atom is -0.489 e. The fourth-order valence-electron chi connectivity index (χ4n) is 4.61. The number of nitrogens with zero attached hydrogens (tertiary/aromatic N) is 2. The number of hydrogen-bond donors (Lipinski definition) is 0. The van der Waals surface area contributed by atoms with Crippen molar-refractivity contribution in [1.29, 1.82) is 0 Å². The Kier molecular flexibility index (Phi) is 6.54. The van der Waals surface area contributed by atoms with Crippen molar-refractivity contribution in [2.75, 3.05) is 19.6 Å². The summed E-state index contributed by atoms with van der Waals surface area (Å²) in [4.78, 5) is 15.3. The Morgan fingerprint density at radius 3 is 2.39 bits per heavy atom. The number of ether oxygens (including phenoxy) is 1. The predicted octanol–water partition coefficient (Wildman–Crippen LogP) is 5.60. The second-order valence-corrected chi connectivity index (χ2v) is 8.86. The molecule has 0 unspecified atom stereocenters. The standard InChI is InChI=1S/C29H30N2O2/c32-29-21-28(33-22-24-7-2-1-3-8-24)14-18-31(29)27-13-12-25-19-23(10-11-26(25)20-27)9-6-17-30-15-4-5-16-30/h1-3,7-8,10-14,18-21H,4-6,9,15-17,22H2. The van der Waals surface area contributed by atoms with Crippen molar-refractivity contribution in [3.05, 3.63) is 107 Å². The van der Waals surface area contributed by atoms with Crippen molar-refractivity contribution in [1.82, 2.24) is 9.47 Å². The van der Waals surface area contributed by atoms with Crippen LogP contribution in [0.2, 0.25) is 0 Å². The zero-order valence-electron chi connectivity index (χ0n) is 19.0. The number of likely N-dealkylation sites (tertiary alicyclic amines) is 1. The molecule has 168 valence electrons. The van der Waals surface area contributed by atoms with Gasteiger partial charge in [-0.2, -0.15) is 0 Å². The van der Waals surface area contributed by atoms with E-state index < -0.39 is 0 Å². The molecule has 0 atom stereocenters. The van der Waals surface area contributed by atoms with E-state index in [-0.39, 0.29) is 5.56 Å². The van der Waals surface area contributed by atoms with Gasteiger partial charge < -0.3 is 9.64 Å². The molecule has 0 bridgehead atoms. The maximum Gasteiger partial charge on any atom is 0.258 e. The van der Waals surface area contributed by atoms with Crippen molar-refractivity contribution in [3.63, 3.8) is 0 Å². The Morgan fingerprint density at radius 1 is 0.788 bits per heavy atom. The molecule has 0 spiro atoms. The van der Waals surface area contributed by atoms with Gasteiger partial charge in [0.05, 0.1) is 0 Å². The Morgan fingerprint density at radius 2 is 1.58 bits per heavy atom. The van der Waals surface area contributed by atoms with E-state index >= 15 is 0 Å². The summed E-state index contributed by atoms with van der Waals surface area (Å²) >= 11 is 0. The fourth-order valence-corrected chi connectivity index (χ4v) is 4.61. The molecule has 33 heavy (non-hydrogen) atoms. The maximum absolute atomic E-state index is 12.7. The summed E-state index contributed by atoms with van der Waals surface area (Å²) in [5.74, 6) is 0.583.